The zero-order valence-electron chi connectivity index (χ0n) is 8.34. The lowest BCUT2D eigenvalue weighted by atomic mass is 9.62. The molecule has 2 rings (SSSR count). The summed E-state index contributed by atoms with van der Waals surface area (Å²) in [5, 5.41) is 0. The second kappa shape index (κ2) is 2.83. The molecule has 0 heterocycles. The van der Waals surface area contributed by atoms with Crippen LogP contribution in [0.1, 0.15) is 33.1 Å². The number of allylic oxidation sites excluding steroid dienone is 4. The molecule has 2 atom stereocenters. The molecular weight excluding hydrogens is 160 g/mol. The van der Waals surface area contributed by atoms with Gasteiger partial charge in [-0.15, -0.1) is 0 Å². The Labute approximate surface area is 79.5 Å². The van der Waals surface area contributed by atoms with Crippen LogP contribution >= 0.6 is 0 Å². The minimum atomic E-state index is 0.267. The number of carbonyl (C=O) groups is 1. The van der Waals surface area contributed by atoms with E-state index in [9.17, 15) is 4.79 Å². The molecule has 0 radical (unpaired) electrons. The summed E-state index contributed by atoms with van der Waals surface area (Å²) in [6.45, 7) is 4.39. The Hall–Kier alpha value is -0.850. The van der Waals surface area contributed by atoms with Gasteiger partial charge in [0.05, 0.1) is 0 Å². The number of carbonyl (C=O) groups excluding carboxylic acids is 1. The van der Waals surface area contributed by atoms with Gasteiger partial charge in [0.2, 0.25) is 0 Å². The molecule has 0 spiro atoms. The van der Waals surface area contributed by atoms with Crippen molar-refractivity contribution in [2.45, 2.75) is 33.1 Å². The Morgan fingerprint density at radius 1 is 1.46 bits per heavy atom. The summed E-state index contributed by atoms with van der Waals surface area (Å²) in [6.07, 6.45) is 9.25. The van der Waals surface area contributed by atoms with E-state index in [2.05, 4.69) is 26.0 Å². The summed E-state index contributed by atoms with van der Waals surface area (Å²) < 4.78 is 0. The number of rotatable bonds is 0. The van der Waals surface area contributed by atoms with Gasteiger partial charge >= 0.3 is 0 Å². The van der Waals surface area contributed by atoms with Crippen LogP contribution in [0.25, 0.3) is 0 Å². The average Bonchev–Trinajstić information content (AvgIpc) is 2.07. The van der Waals surface area contributed by atoms with Crippen molar-refractivity contribution >= 4 is 5.78 Å². The van der Waals surface area contributed by atoms with Crippen molar-refractivity contribution < 1.29 is 4.79 Å². The zero-order valence-corrected chi connectivity index (χ0v) is 8.34. The van der Waals surface area contributed by atoms with Gasteiger partial charge in [-0.2, -0.15) is 0 Å². The first-order valence-corrected chi connectivity index (χ1v) is 4.99. The lowest BCUT2D eigenvalue weighted by Gasteiger charge is -2.42. The quantitative estimate of drug-likeness (QED) is 0.519. The number of ketones is 1. The van der Waals surface area contributed by atoms with Crippen LogP contribution in [-0.2, 0) is 4.79 Å². The van der Waals surface area contributed by atoms with Gasteiger partial charge in [0.1, 0.15) is 0 Å². The van der Waals surface area contributed by atoms with Crippen LogP contribution in [0.15, 0.2) is 23.8 Å². The van der Waals surface area contributed by atoms with Crippen LogP contribution in [0.2, 0.25) is 0 Å². The number of fused-ring (bicyclic) bond motifs is 1. The minimum absolute atomic E-state index is 0.267. The van der Waals surface area contributed by atoms with Crippen LogP contribution in [0.5, 0.6) is 0 Å². The maximum Gasteiger partial charge on any atom is 0.155 e. The molecule has 2 aliphatic carbocycles. The highest BCUT2D eigenvalue weighted by Crippen LogP contribution is 2.47. The van der Waals surface area contributed by atoms with Crippen molar-refractivity contribution in [3.63, 3.8) is 0 Å². The zero-order chi connectivity index (χ0) is 9.47. The molecule has 1 nitrogen and oxygen atoms in total. The SMILES string of the molecule is CC1=CC(=O)CC2CC=CCC12C. The Morgan fingerprint density at radius 3 is 3.00 bits per heavy atom. The molecule has 0 aromatic carbocycles. The second-order valence-corrected chi connectivity index (χ2v) is 4.52. The molecule has 0 saturated heterocycles. The smallest absolute Gasteiger partial charge is 0.155 e. The average molecular weight is 176 g/mol. The lowest BCUT2D eigenvalue weighted by molar-refractivity contribution is -0.117. The standard InChI is InChI=1S/C12H16O/c1-9-7-11(13)8-10-5-3-4-6-12(9,10)2/h3-4,7,10H,5-6,8H2,1-2H3. The van der Waals surface area contributed by atoms with E-state index in [4.69, 9.17) is 0 Å². The molecule has 2 unspecified atom stereocenters. The largest absolute Gasteiger partial charge is 0.295 e. The minimum Gasteiger partial charge on any atom is -0.295 e. The van der Waals surface area contributed by atoms with E-state index in [-0.39, 0.29) is 5.41 Å². The molecule has 2 aliphatic rings. The molecule has 0 bridgehead atoms. The lowest BCUT2D eigenvalue weighted by Crippen LogP contribution is -2.35. The van der Waals surface area contributed by atoms with E-state index in [0.29, 0.717) is 11.7 Å². The van der Waals surface area contributed by atoms with Crippen LogP contribution in [0.4, 0.5) is 0 Å². The highest BCUT2D eigenvalue weighted by molar-refractivity contribution is 5.91. The molecule has 0 fully saturated rings. The van der Waals surface area contributed by atoms with Gasteiger partial charge < -0.3 is 0 Å². The summed E-state index contributed by atoms with van der Waals surface area (Å²) in [5.41, 5.74) is 1.54. The second-order valence-electron chi connectivity index (χ2n) is 4.52. The first-order valence-electron chi connectivity index (χ1n) is 4.99. The monoisotopic (exact) mass is 176 g/mol. The fourth-order valence-corrected chi connectivity index (χ4v) is 2.52. The van der Waals surface area contributed by atoms with Crippen molar-refractivity contribution in [2.75, 3.05) is 0 Å². The van der Waals surface area contributed by atoms with Crippen LogP contribution in [0, 0.1) is 11.3 Å². The van der Waals surface area contributed by atoms with Crippen LogP contribution in [-0.4, -0.2) is 5.78 Å². The van der Waals surface area contributed by atoms with Gasteiger partial charge in [-0.25, -0.2) is 0 Å². The Morgan fingerprint density at radius 2 is 2.23 bits per heavy atom. The van der Waals surface area contributed by atoms with E-state index >= 15 is 0 Å². The fraction of sp³-hybridized carbons (Fsp3) is 0.583. The highest BCUT2D eigenvalue weighted by atomic mass is 16.1. The predicted octanol–water partition coefficient (Wildman–Crippen LogP) is 2.88. The van der Waals surface area contributed by atoms with Gasteiger partial charge in [0.25, 0.3) is 0 Å². The Kier molecular flexibility index (Phi) is 1.90. The van der Waals surface area contributed by atoms with E-state index in [1.807, 2.05) is 6.08 Å². The van der Waals surface area contributed by atoms with Gasteiger partial charge in [0, 0.05) is 6.42 Å². The summed E-state index contributed by atoms with van der Waals surface area (Å²) in [4.78, 5) is 11.4. The molecule has 70 valence electrons. The van der Waals surface area contributed by atoms with E-state index in [0.717, 1.165) is 19.3 Å². The molecule has 0 saturated carbocycles. The van der Waals surface area contributed by atoms with Crippen LogP contribution in [0.3, 0.4) is 0 Å². The van der Waals surface area contributed by atoms with Gasteiger partial charge in [-0.3, -0.25) is 4.79 Å². The molecule has 1 heteroatoms. The van der Waals surface area contributed by atoms with Crippen molar-refractivity contribution in [1.82, 2.24) is 0 Å². The first-order chi connectivity index (χ1) is 6.13. The molecule has 0 amide bonds. The van der Waals surface area contributed by atoms with Gasteiger partial charge in [0.15, 0.2) is 5.78 Å². The normalized spacial score (nSPS) is 38.5. The molecular formula is C12H16O. The third-order valence-corrected chi connectivity index (χ3v) is 3.76. The third kappa shape index (κ3) is 1.27. The Balaban J connectivity index is 2.39. The van der Waals surface area contributed by atoms with Gasteiger partial charge in [-0.05, 0) is 37.2 Å². The molecule has 0 aromatic heterocycles. The van der Waals surface area contributed by atoms with Crippen molar-refractivity contribution in [3.05, 3.63) is 23.8 Å². The van der Waals surface area contributed by atoms with Crippen molar-refractivity contribution in [2.24, 2.45) is 11.3 Å². The van der Waals surface area contributed by atoms with Gasteiger partial charge in [-0.1, -0.05) is 24.6 Å². The van der Waals surface area contributed by atoms with Crippen LogP contribution < -0.4 is 0 Å². The molecule has 0 aromatic rings. The maximum absolute atomic E-state index is 11.4. The highest BCUT2D eigenvalue weighted by Gasteiger charge is 2.39. The topological polar surface area (TPSA) is 17.1 Å². The molecule has 0 aliphatic heterocycles. The predicted molar refractivity (Wildman–Crippen MR) is 53.4 cm³/mol. The third-order valence-electron chi connectivity index (χ3n) is 3.76. The van der Waals surface area contributed by atoms with E-state index in [1.54, 1.807) is 0 Å². The van der Waals surface area contributed by atoms with E-state index in [1.165, 1.54) is 5.57 Å². The molecule has 0 N–H and O–H groups in total. The van der Waals surface area contributed by atoms with E-state index < -0.39 is 0 Å². The number of hydrogen-bond donors (Lipinski definition) is 0. The maximum atomic E-state index is 11.4. The first kappa shape index (κ1) is 8.74. The van der Waals surface area contributed by atoms with Crippen molar-refractivity contribution in [1.29, 1.82) is 0 Å². The molecule has 13 heavy (non-hydrogen) atoms. The Bertz CT molecular complexity index is 298. The summed E-state index contributed by atoms with van der Waals surface area (Å²) >= 11 is 0. The summed E-state index contributed by atoms with van der Waals surface area (Å²) in [6, 6.07) is 0. The van der Waals surface area contributed by atoms with Crippen molar-refractivity contribution in [3.8, 4) is 0 Å². The number of hydrogen-bond acceptors (Lipinski definition) is 1. The summed E-state index contributed by atoms with van der Waals surface area (Å²) in [5.74, 6) is 0.866. The summed E-state index contributed by atoms with van der Waals surface area (Å²) in [7, 11) is 0. The fourth-order valence-electron chi connectivity index (χ4n) is 2.52.